The second-order valence-corrected chi connectivity index (χ2v) is 4.01. The molecule has 0 unspecified atom stereocenters. The van der Waals surface area contributed by atoms with Gasteiger partial charge in [-0.1, -0.05) is 32.6 Å². The average molecular weight is 229 g/mol. The largest absolute Gasteiger partial charge is 0.456 e. The average Bonchev–Trinajstić information content (AvgIpc) is 2.25. The number of unbranched alkanes of at least 4 members (excludes halogenated alkanes) is 4. The number of carbonyl (C=O) groups is 2. The van der Waals surface area contributed by atoms with Gasteiger partial charge in [0.05, 0.1) is 0 Å². The fourth-order valence-electron chi connectivity index (χ4n) is 1.35. The minimum absolute atomic E-state index is 0.134. The molecule has 0 atom stereocenters. The van der Waals surface area contributed by atoms with Gasteiger partial charge >= 0.3 is 5.97 Å². The van der Waals surface area contributed by atoms with Crippen LogP contribution in [-0.2, 0) is 14.3 Å². The standard InChI is InChI=1S/C12H23NO3/c1-4-5-6-7-8-9-13(3)12(15)10-16-11(2)14/h4-10H2,1-3H3. The lowest BCUT2D eigenvalue weighted by Gasteiger charge is -2.16. The van der Waals surface area contributed by atoms with Crippen LogP contribution >= 0.6 is 0 Å². The number of amides is 1. The Morgan fingerprint density at radius 3 is 2.31 bits per heavy atom. The summed E-state index contributed by atoms with van der Waals surface area (Å²) in [5.41, 5.74) is 0. The van der Waals surface area contributed by atoms with Crippen LogP contribution in [0.15, 0.2) is 0 Å². The van der Waals surface area contributed by atoms with Crippen LogP contribution in [0.1, 0.15) is 46.0 Å². The molecule has 94 valence electrons. The van der Waals surface area contributed by atoms with Gasteiger partial charge in [0.25, 0.3) is 5.91 Å². The molecule has 16 heavy (non-hydrogen) atoms. The second kappa shape index (κ2) is 9.19. The Bertz CT molecular complexity index is 216. The van der Waals surface area contributed by atoms with E-state index >= 15 is 0 Å². The minimum Gasteiger partial charge on any atom is -0.456 e. The van der Waals surface area contributed by atoms with Crippen molar-refractivity contribution >= 4 is 11.9 Å². The van der Waals surface area contributed by atoms with Gasteiger partial charge in [-0.3, -0.25) is 9.59 Å². The van der Waals surface area contributed by atoms with E-state index in [0.29, 0.717) is 0 Å². The Kier molecular flexibility index (Phi) is 8.58. The fourth-order valence-corrected chi connectivity index (χ4v) is 1.35. The minimum atomic E-state index is -0.412. The molecule has 0 aromatic rings. The molecule has 0 aliphatic carbocycles. The monoisotopic (exact) mass is 229 g/mol. The summed E-state index contributed by atoms with van der Waals surface area (Å²) in [6, 6.07) is 0. The van der Waals surface area contributed by atoms with Crippen molar-refractivity contribution in [1.82, 2.24) is 4.90 Å². The van der Waals surface area contributed by atoms with Gasteiger partial charge in [-0.25, -0.2) is 0 Å². The van der Waals surface area contributed by atoms with Crippen LogP contribution in [0.3, 0.4) is 0 Å². The van der Waals surface area contributed by atoms with Gasteiger partial charge < -0.3 is 9.64 Å². The molecule has 4 nitrogen and oxygen atoms in total. The first-order valence-electron chi connectivity index (χ1n) is 5.95. The van der Waals surface area contributed by atoms with Crippen LogP contribution in [0.4, 0.5) is 0 Å². The molecule has 0 aliphatic heterocycles. The van der Waals surface area contributed by atoms with Crippen LogP contribution in [0.2, 0.25) is 0 Å². The van der Waals surface area contributed by atoms with E-state index in [-0.39, 0.29) is 12.5 Å². The van der Waals surface area contributed by atoms with Crippen molar-refractivity contribution in [3.05, 3.63) is 0 Å². The van der Waals surface area contributed by atoms with Crippen LogP contribution in [0, 0.1) is 0 Å². The molecule has 0 aromatic carbocycles. The van der Waals surface area contributed by atoms with Gasteiger partial charge in [0, 0.05) is 20.5 Å². The van der Waals surface area contributed by atoms with Crippen LogP contribution in [0.5, 0.6) is 0 Å². The van der Waals surface area contributed by atoms with Crippen molar-refractivity contribution in [2.24, 2.45) is 0 Å². The van der Waals surface area contributed by atoms with Crippen molar-refractivity contribution < 1.29 is 14.3 Å². The van der Waals surface area contributed by atoms with Crippen LogP contribution < -0.4 is 0 Å². The maximum atomic E-state index is 11.4. The summed E-state index contributed by atoms with van der Waals surface area (Å²) < 4.78 is 4.64. The number of likely N-dealkylation sites (N-methyl/N-ethyl adjacent to an activating group) is 1. The third-order valence-corrected chi connectivity index (χ3v) is 2.42. The number of rotatable bonds is 8. The first-order chi connectivity index (χ1) is 7.57. The molecule has 0 bridgehead atoms. The van der Waals surface area contributed by atoms with E-state index in [1.54, 1.807) is 11.9 Å². The lowest BCUT2D eigenvalue weighted by atomic mass is 10.1. The molecule has 0 heterocycles. The summed E-state index contributed by atoms with van der Waals surface area (Å²) in [6.07, 6.45) is 5.87. The van der Waals surface area contributed by atoms with E-state index in [0.717, 1.165) is 19.4 Å². The summed E-state index contributed by atoms with van der Waals surface area (Å²) in [5.74, 6) is -0.546. The number of ether oxygens (including phenoxy) is 1. The maximum Gasteiger partial charge on any atom is 0.303 e. The highest BCUT2D eigenvalue weighted by molar-refractivity contribution is 5.79. The topological polar surface area (TPSA) is 46.6 Å². The van der Waals surface area contributed by atoms with Gasteiger partial charge in [-0.05, 0) is 6.42 Å². The zero-order valence-corrected chi connectivity index (χ0v) is 10.6. The first kappa shape index (κ1) is 14.9. The predicted octanol–water partition coefficient (Wildman–Crippen LogP) is 1.98. The van der Waals surface area contributed by atoms with Crippen molar-refractivity contribution in [1.29, 1.82) is 0 Å². The Hall–Kier alpha value is -1.06. The van der Waals surface area contributed by atoms with Gasteiger partial charge in [0.1, 0.15) is 0 Å². The molecule has 0 spiro atoms. The van der Waals surface area contributed by atoms with Crippen molar-refractivity contribution in [2.45, 2.75) is 46.0 Å². The second-order valence-electron chi connectivity index (χ2n) is 4.01. The van der Waals surface area contributed by atoms with E-state index in [1.165, 1.54) is 26.2 Å². The van der Waals surface area contributed by atoms with Gasteiger partial charge in [-0.2, -0.15) is 0 Å². The summed E-state index contributed by atoms with van der Waals surface area (Å²) in [5, 5.41) is 0. The molecule has 1 amide bonds. The quantitative estimate of drug-likeness (QED) is 0.472. The smallest absolute Gasteiger partial charge is 0.303 e. The Balaban J connectivity index is 3.51. The molecule has 0 rings (SSSR count). The third kappa shape index (κ3) is 8.26. The molecular weight excluding hydrogens is 206 g/mol. The Labute approximate surface area is 98.0 Å². The number of esters is 1. The number of carbonyl (C=O) groups excluding carboxylic acids is 2. The highest BCUT2D eigenvalue weighted by atomic mass is 16.5. The van der Waals surface area contributed by atoms with Crippen molar-refractivity contribution in [3.63, 3.8) is 0 Å². The highest BCUT2D eigenvalue weighted by Crippen LogP contribution is 2.03. The number of hydrogen-bond acceptors (Lipinski definition) is 3. The van der Waals surface area contributed by atoms with Crippen molar-refractivity contribution in [3.8, 4) is 0 Å². The summed E-state index contributed by atoms with van der Waals surface area (Å²) in [4.78, 5) is 23.5. The zero-order valence-electron chi connectivity index (χ0n) is 10.6. The fraction of sp³-hybridized carbons (Fsp3) is 0.833. The molecule has 0 saturated carbocycles. The summed E-state index contributed by atoms with van der Waals surface area (Å²) >= 11 is 0. The molecular formula is C12H23NO3. The van der Waals surface area contributed by atoms with Crippen LogP contribution in [-0.4, -0.2) is 37.0 Å². The van der Waals surface area contributed by atoms with E-state index < -0.39 is 5.97 Å². The van der Waals surface area contributed by atoms with Crippen LogP contribution in [0.25, 0.3) is 0 Å². The van der Waals surface area contributed by atoms with Gasteiger partial charge in [0.15, 0.2) is 6.61 Å². The molecule has 0 radical (unpaired) electrons. The van der Waals surface area contributed by atoms with E-state index in [1.807, 2.05) is 0 Å². The normalized spacial score (nSPS) is 9.94. The predicted molar refractivity (Wildman–Crippen MR) is 63.0 cm³/mol. The van der Waals surface area contributed by atoms with Gasteiger partial charge in [0.2, 0.25) is 0 Å². The van der Waals surface area contributed by atoms with E-state index in [4.69, 9.17) is 0 Å². The first-order valence-corrected chi connectivity index (χ1v) is 5.95. The maximum absolute atomic E-state index is 11.4. The molecule has 4 heteroatoms. The Morgan fingerprint density at radius 2 is 1.75 bits per heavy atom. The Morgan fingerprint density at radius 1 is 1.12 bits per heavy atom. The molecule has 0 aromatic heterocycles. The third-order valence-electron chi connectivity index (χ3n) is 2.42. The van der Waals surface area contributed by atoms with Crippen molar-refractivity contribution in [2.75, 3.05) is 20.2 Å². The molecule has 0 aliphatic rings. The summed E-state index contributed by atoms with van der Waals surface area (Å²) in [7, 11) is 1.74. The molecule has 0 saturated heterocycles. The van der Waals surface area contributed by atoms with E-state index in [9.17, 15) is 9.59 Å². The lowest BCUT2D eigenvalue weighted by Crippen LogP contribution is -2.31. The van der Waals surface area contributed by atoms with E-state index in [2.05, 4.69) is 11.7 Å². The SMILES string of the molecule is CCCCCCCN(C)C(=O)COC(C)=O. The lowest BCUT2D eigenvalue weighted by molar-refractivity contribution is -0.149. The summed E-state index contributed by atoms with van der Waals surface area (Å²) in [6.45, 7) is 4.08. The number of nitrogens with zero attached hydrogens (tertiary/aromatic N) is 1. The molecule has 0 fully saturated rings. The molecule has 0 N–H and O–H groups in total. The zero-order chi connectivity index (χ0) is 12.4. The highest BCUT2D eigenvalue weighted by Gasteiger charge is 2.09. The number of hydrogen-bond donors (Lipinski definition) is 0. The van der Waals surface area contributed by atoms with Gasteiger partial charge in [-0.15, -0.1) is 0 Å².